The fourth-order valence-electron chi connectivity index (χ4n) is 1.90. The summed E-state index contributed by atoms with van der Waals surface area (Å²) in [5.41, 5.74) is 2.78. The van der Waals surface area contributed by atoms with Crippen LogP contribution in [-0.2, 0) is 4.79 Å². The molecule has 0 saturated carbocycles. The summed E-state index contributed by atoms with van der Waals surface area (Å²) in [6.07, 6.45) is 0. The summed E-state index contributed by atoms with van der Waals surface area (Å²) in [4.78, 5) is 11.9. The van der Waals surface area contributed by atoms with E-state index in [1.54, 1.807) is 31.4 Å². The van der Waals surface area contributed by atoms with Gasteiger partial charge in [-0.15, -0.1) is 0 Å². The van der Waals surface area contributed by atoms with E-state index >= 15 is 0 Å². The zero-order valence-corrected chi connectivity index (χ0v) is 13.5. The molecule has 0 radical (unpaired) electrons. The zero-order chi connectivity index (χ0) is 15.2. The highest BCUT2D eigenvalue weighted by Crippen LogP contribution is 2.19. The number of halogens is 1. The Morgan fingerprint density at radius 1 is 1.14 bits per heavy atom. The number of ether oxygens (including phenoxy) is 1. The monoisotopic (exact) mass is 348 g/mol. The standard InChI is InChI=1S/C16H17BrN2O2/c1-11-7-12(17)9-14(8-11)18-10-16(20)19-13-3-5-15(21-2)6-4-13/h3-9,18H,10H2,1-2H3,(H,19,20). The Kier molecular flexibility index (Phi) is 5.22. The number of carbonyl (C=O) groups excluding carboxylic acids is 1. The number of methoxy groups -OCH3 is 1. The van der Waals surface area contributed by atoms with Crippen molar-refractivity contribution < 1.29 is 9.53 Å². The van der Waals surface area contributed by atoms with E-state index in [-0.39, 0.29) is 12.5 Å². The minimum absolute atomic E-state index is 0.0993. The highest BCUT2D eigenvalue weighted by molar-refractivity contribution is 9.10. The lowest BCUT2D eigenvalue weighted by Gasteiger charge is -2.09. The van der Waals surface area contributed by atoms with Gasteiger partial charge < -0.3 is 15.4 Å². The summed E-state index contributed by atoms with van der Waals surface area (Å²) < 4.78 is 6.06. The summed E-state index contributed by atoms with van der Waals surface area (Å²) in [7, 11) is 1.61. The first-order chi connectivity index (χ1) is 10.1. The second-order valence-electron chi connectivity index (χ2n) is 4.65. The van der Waals surface area contributed by atoms with Crippen molar-refractivity contribution in [2.75, 3.05) is 24.3 Å². The molecule has 0 aliphatic rings. The molecule has 0 aromatic heterocycles. The molecule has 5 heteroatoms. The van der Waals surface area contributed by atoms with Gasteiger partial charge in [-0.25, -0.2) is 0 Å². The number of nitrogens with one attached hydrogen (secondary N) is 2. The maximum atomic E-state index is 11.9. The maximum absolute atomic E-state index is 11.9. The normalized spacial score (nSPS) is 10.0. The van der Waals surface area contributed by atoms with E-state index in [9.17, 15) is 4.79 Å². The Labute approximate surface area is 132 Å². The van der Waals surface area contributed by atoms with Crippen LogP contribution in [0.2, 0.25) is 0 Å². The van der Waals surface area contributed by atoms with Crippen LogP contribution in [0.4, 0.5) is 11.4 Å². The van der Waals surface area contributed by atoms with Gasteiger partial charge >= 0.3 is 0 Å². The zero-order valence-electron chi connectivity index (χ0n) is 11.9. The van der Waals surface area contributed by atoms with Crippen molar-refractivity contribution in [2.24, 2.45) is 0 Å². The molecule has 0 spiro atoms. The molecule has 2 aromatic carbocycles. The van der Waals surface area contributed by atoms with E-state index in [0.717, 1.165) is 27.2 Å². The van der Waals surface area contributed by atoms with Crippen molar-refractivity contribution in [2.45, 2.75) is 6.92 Å². The van der Waals surface area contributed by atoms with Gasteiger partial charge in [0.1, 0.15) is 5.75 Å². The lowest BCUT2D eigenvalue weighted by atomic mass is 10.2. The minimum atomic E-state index is -0.0993. The summed E-state index contributed by atoms with van der Waals surface area (Å²) >= 11 is 3.43. The van der Waals surface area contributed by atoms with E-state index in [0.29, 0.717) is 0 Å². The quantitative estimate of drug-likeness (QED) is 0.863. The SMILES string of the molecule is COc1ccc(NC(=O)CNc2cc(C)cc(Br)c2)cc1. The Balaban J connectivity index is 1.89. The molecular formula is C16H17BrN2O2. The van der Waals surface area contributed by atoms with Crippen molar-refractivity contribution in [1.29, 1.82) is 0 Å². The van der Waals surface area contributed by atoms with Gasteiger partial charge in [-0.05, 0) is 55.0 Å². The number of anilines is 2. The molecule has 0 aliphatic carbocycles. The molecule has 0 aliphatic heterocycles. The van der Waals surface area contributed by atoms with Gasteiger partial charge in [-0.2, -0.15) is 0 Å². The topological polar surface area (TPSA) is 50.4 Å². The van der Waals surface area contributed by atoms with Crippen LogP contribution in [0, 0.1) is 6.92 Å². The Morgan fingerprint density at radius 2 is 1.86 bits per heavy atom. The molecule has 0 fully saturated rings. The first-order valence-corrected chi connectivity index (χ1v) is 7.31. The number of hydrogen-bond acceptors (Lipinski definition) is 3. The minimum Gasteiger partial charge on any atom is -0.497 e. The van der Waals surface area contributed by atoms with Crippen LogP contribution >= 0.6 is 15.9 Å². The Morgan fingerprint density at radius 3 is 2.48 bits per heavy atom. The molecule has 110 valence electrons. The van der Waals surface area contributed by atoms with E-state index in [1.807, 2.05) is 25.1 Å². The van der Waals surface area contributed by atoms with Crippen molar-refractivity contribution in [3.63, 3.8) is 0 Å². The van der Waals surface area contributed by atoms with Gasteiger partial charge in [-0.3, -0.25) is 4.79 Å². The van der Waals surface area contributed by atoms with Crippen LogP contribution in [0.5, 0.6) is 5.75 Å². The van der Waals surface area contributed by atoms with Crippen molar-refractivity contribution >= 4 is 33.2 Å². The second kappa shape index (κ2) is 7.13. The molecule has 4 nitrogen and oxygen atoms in total. The van der Waals surface area contributed by atoms with Crippen LogP contribution in [0.25, 0.3) is 0 Å². The molecule has 2 rings (SSSR count). The van der Waals surface area contributed by atoms with Crippen molar-refractivity contribution in [1.82, 2.24) is 0 Å². The third-order valence-electron chi connectivity index (χ3n) is 2.87. The predicted molar refractivity (Wildman–Crippen MR) is 89.0 cm³/mol. The number of benzene rings is 2. The summed E-state index contributed by atoms with van der Waals surface area (Å²) in [6, 6.07) is 13.2. The number of carbonyl (C=O) groups is 1. The van der Waals surface area contributed by atoms with E-state index in [2.05, 4.69) is 26.6 Å². The summed E-state index contributed by atoms with van der Waals surface area (Å²) in [5, 5.41) is 5.93. The number of amides is 1. The molecule has 1 amide bonds. The molecule has 0 heterocycles. The van der Waals surface area contributed by atoms with Crippen molar-refractivity contribution in [3.05, 3.63) is 52.5 Å². The molecule has 0 saturated heterocycles. The average Bonchev–Trinajstić information content (AvgIpc) is 2.45. The maximum Gasteiger partial charge on any atom is 0.243 e. The lowest BCUT2D eigenvalue weighted by Crippen LogP contribution is -2.21. The van der Waals surface area contributed by atoms with Crippen LogP contribution in [0.15, 0.2) is 46.9 Å². The Bertz CT molecular complexity index is 606. The fourth-order valence-corrected chi connectivity index (χ4v) is 2.51. The average molecular weight is 349 g/mol. The van der Waals surface area contributed by atoms with Gasteiger partial charge in [0.25, 0.3) is 0 Å². The van der Waals surface area contributed by atoms with Gasteiger partial charge in [0.2, 0.25) is 5.91 Å². The number of hydrogen-bond donors (Lipinski definition) is 2. The first-order valence-electron chi connectivity index (χ1n) is 6.52. The van der Waals surface area contributed by atoms with Crippen LogP contribution in [-0.4, -0.2) is 19.6 Å². The summed E-state index contributed by atoms with van der Waals surface area (Å²) in [6.45, 7) is 2.22. The van der Waals surface area contributed by atoms with Gasteiger partial charge in [-0.1, -0.05) is 15.9 Å². The lowest BCUT2D eigenvalue weighted by molar-refractivity contribution is -0.114. The van der Waals surface area contributed by atoms with Crippen LogP contribution in [0.1, 0.15) is 5.56 Å². The summed E-state index contributed by atoms with van der Waals surface area (Å²) in [5.74, 6) is 0.661. The predicted octanol–water partition coefficient (Wildman–Crippen LogP) is 3.82. The largest absolute Gasteiger partial charge is 0.497 e. The molecule has 0 bridgehead atoms. The molecule has 0 atom stereocenters. The number of aryl methyl sites for hydroxylation is 1. The van der Waals surface area contributed by atoms with Gasteiger partial charge in [0, 0.05) is 15.8 Å². The van der Waals surface area contributed by atoms with E-state index < -0.39 is 0 Å². The first kappa shape index (κ1) is 15.4. The molecular weight excluding hydrogens is 332 g/mol. The molecule has 0 unspecified atom stereocenters. The fraction of sp³-hybridized carbons (Fsp3) is 0.188. The molecule has 21 heavy (non-hydrogen) atoms. The number of rotatable bonds is 5. The third kappa shape index (κ3) is 4.79. The van der Waals surface area contributed by atoms with Crippen LogP contribution < -0.4 is 15.4 Å². The van der Waals surface area contributed by atoms with E-state index in [4.69, 9.17) is 4.74 Å². The third-order valence-corrected chi connectivity index (χ3v) is 3.33. The van der Waals surface area contributed by atoms with Crippen LogP contribution in [0.3, 0.4) is 0 Å². The molecule has 2 aromatic rings. The second-order valence-corrected chi connectivity index (χ2v) is 5.56. The van der Waals surface area contributed by atoms with E-state index in [1.165, 1.54) is 0 Å². The molecule has 2 N–H and O–H groups in total. The van der Waals surface area contributed by atoms with Crippen molar-refractivity contribution in [3.8, 4) is 5.75 Å². The van der Waals surface area contributed by atoms with Gasteiger partial charge in [0.05, 0.1) is 13.7 Å². The van der Waals surface area contributed by atoms with Gasteiger partial charge in [0.15, 0.2) is 0 Å². The highest BCUT2D eigenvalue weighted by Gasteiger charge is 2.03. The smallest absolute Gasteiger partial charge is 0.243 e. The highest BCUT2D eigenvalue weighted by atomic mass is 79.9. The Hall–Kier alpha value is -2.01.